The molecule has 1 saturated heterocycles. The van der Waals surface area contributed by atoms with E-state index >= 15 is 0 Å². The van der Waals surface area contributed by atoms with E-state index in [9.17, 15) is 58.2 Å². The molecule has 7 N–H and O–H groups in total. The third-order valence-electron chi connectivity index (χ3n) is 8.63. The summed E-state index contributed by atoms with van der Waals surface area (Å²) in [4.78, 5) is 123. The number of nitrogens with two attached hydrogens (primary N) is 1. The van der Waals surface area contributed by atoms with Crippen LogP contribution in [0.15, 0.2) is 36.4 Å². The number of Topliss-reactive ketones (excluding diaryl/α,β-unsaturated/α-hetero) is 1. The number of hydrogen-bond donors (Lipinski definition) is 6. The number of carboxylic acids is 2. The molecular formula is C34H43N7O13. The predicted molar refractivity (Wildman–Crippen MR) is 184 cm³/mol. The fourth-order valence-electron chi connectivity index (χ4n) is 5.33. The van der Waals surface area contributed by atoms with E-state index in [-0.39, 0.29) is 37.1 Å². The van der Waals surface area contributed by atoms with Crippen molar-refractivity contribution in [1.29, 1.82) is 0 Å². The first kappa shape index (κ1) is 42.2. The summed E-state index contributed by atoms with van der Waals surface area (Å²) >= 11 is 0. The quantitative estimate of drug-likeness (QED) is 0.0246. The Hall–Kier alpha value is -6.18. The lowest BCUT2D eigenvalue weighted by Gasteiger charge is -2.42. The number of unbranched alkanes of at least 4 members (excludes halogenated alkanes) is 2. The van der Waals surface area contributed by atoms with E-state index in [0.717, 1.165) is 9.80 Å². The number of hydrazine groups is 1. The summed E-state index contributed by atoms with van der Waals surface area (Å²) in [6.45, 7) is 2.80. The lowest BCUT2D eigenvalue weighted by Crippen LogP contribution is -2.65. The van der Waals surface area contributed by atoms with Crippen LogP contribution in [0, 0.1) is 5.41 Å². The summed E-state index contributed by atoms with van der Waals surface area (Å²) in [5.41, 5.74) is -1.53. The zero-order chi connectivity index (χ0) is 40.3. The molecular weight excluding hydrogens is 714 g/mol. The second-order valence-corrected chi connectivity index (χ2v) is 12.9. The minimum atomic E-state index is -2.09. The highest BCUT2D eigenvalue weighted by molar-refractivity contribution is 6.12. The molecule has 292 valence electrons. The molecule has 1 aromatic rings. The maximum absolute atomic E-state index is 13.3. The molecule has 0 spiro atoms. The zero-order valence-corrected chi connectivity index (χ0v) is 29.9. The van der Waals surface area contributed by atoms with Gasteiger partial charge in [-0.05, 0) is 51.3 Å². The van der Waals surface area contributed by atoms with Crippen molar-refractivity contribution in [2.24, 2.45) is 11.3 Å². The van der Waals surface area contributed by atoms with Gasteiger partial charge in [0.15, 0.2) is 5.41 Å². The second kappa shape index (κ2) is 18.5. The first-order chi connectivity index (χ1) is 25.4. The van der Waals surface area contributed by atoms with Gasteiger partial charge in [-0.1, -0.05) is 18.6 Å². The van der Waals surface area contributed by atoms with Crippen LogP contribution in [0.25, 0.3) is 0 Å². The average Bonchev–Trinajstić information content (AvgIpc) is 3.41. The summed E-state index contributed by atoms with van der Waals surface area (Å²) in [6.07, 6.45) is 2.64. The van der Waals surface area contributed by atoms with Crippen LogP contribution in [0.3, 0.4) is 0 Å². The number of rotatable bonds is 19. The van der Waals surface area contributed by atoms with Crippen molar-refractivity contribution in [3.63, 3.8) is 0 Å². The van der Waals surface area contributed by atoms with Gasteiger partial charge in [0.2, 0.25) is 17.7 Å². The third kappa shape index (κ3) is 10.9. The highest BCUT2D eigenvalue weighted by Crippen LogP contribution is 2.32. The van der Waals surface area contributed by atoms with Crippen LogP contribution in [0.4, 0.5) is 10.5 Å². The van der Waals surface area contributed by atoms with Crippen molar-refractivity contribution in [2.45, 2.75) is 77.6 Å². The van der Waals surface area contributed by atoms with E-state index in [1.54, 1.807) is 0 Å². The van der Waals surface area contributed by atoms with Gasteiger partial charge in [0, 0.05) is 31.5 Å². The SMILES string of the molecule is CC(=O)CC(NC(=O)C(C)NC(=O)C(C)NC(=O)CCCCCN1C(=O)C=CC1=O)C(=O)N(N)c1ccc(COC(=O)N2CC(C(=O)O)(C(=O)O)C2)cc1. The fraction of sp³-hybridized carbons (Fsp3) is 0.471. The highest BCUT2D eigenvalue weighted by Gasteiger charge is 2.58. The molecule has 3 atom stereocenters. The Kier molecular flexibility index (Phi) is 14.5. The molecule has 20 nitrogen and oxygen atoms in total. The number of aliphatic carboxylic acids is 2. The highest BCUT2D eigenvalue weighted by atomic mass is 16.6. The number of amides is 7. The Bertz CT molecular complexity index is 1670. The summed E-state index contributed by atoms with van der Waals surface area (Å²) in [5, 5.41) is 26.4. The molecule has 1 fully saturated rings. The van der Waals surface area contributed by atoms with Gasteiger partial charge in [-0.25, -0.2) is 15.6 Å². The molecule has 2 aliphatic rings. The van der Waals surface area contributed by atoms with Crippen molar-refractivity contribution >= 4 is 64.9 Å². The number of carbonyl (C=O) groups is 10. The van der Waals surface area contributed by atoms with Crippen LogP contribution in [0.1, 0.15) is 58.4 Å². The van der Waals surface area contributed by atoms with Crippen molar-refractivity contribution in [1.82, 2.24) is 25.8 Å². The zero-order valence-electron chi connectivity index (χ0n) is 29.9. The van der Waals surface area contributed by atoms with Gasteiger partial charge in [-0.2, -0.15) is 0 Å². The molecule has 1 aromatic carbocycles. The average molecular weight is 758 g/mol. The number of carboxylic acid groups (broad SMARTS) is 2. The van der Waals surface area contributed by atoms with E-state index in [0.29, 0.717) is 29.8 Å². The van der Waals surface area contributed by atoms with Gasteiger partial charge >= 0.3 is 18.0 Å². The largest absolute Gasteiger partial charge is 0.480 e. The fourth-order valence-corrected chi connectivity index (χ4v) is 5.33. The van der Waals surface area contributed by atoms with Crippen molar-refractivity contribution < 1.29 is 62.9 Å². The van der Waals surface area contributed by atoms with Gasteiger partial charge in [-0.3, -0.25) is 48.1 Å². The molecule has 0 saturated carbocycles. The lowest BCUT2D eigenvalue weighted by molar-refractivity contribution is -0.176. The summed E-state index contributed by atoms with van der Waals surface area (Å²) in [7, 11) is 0. The number of nitrogens with zero attached hydrogens (tertiary/aromatic N) is 3. The van der Waals surface area contributed by atoms with E-state index in [2.05, 4.69) is 16.0 Å². The number of nitrogens with one attached hydrogen (secondary N) is 3. The van der Waals surface area contributed by atoms with Crippen LogP contribution < -0.4 is 26.8 Å². The number of likely N-dealkylation sites (tertiary alicyclic amines) is 1. The van der Waals surface area contributed by atoms with Crippen LogP contribution >= 0.6 is 0 Å². The minimum Gasteiger partial charge on any atom is -0.480 e. The number of carbonyl (C=O) groups excluding carboxylic acids is 8. The van der Waals surface area contributed by atoms with Gasteiger partial charge < -0.3 is 35.8 Å². The summed E-state index contributed by atoms with van der Waals surface area (Å²) in [5.74, 6) is -1.11. The topological polar surface area (TPSA) is 292 Å². The molecule has 3 rings (SSSR count). The lowest BCUT2D eigenvalue weighted by atomic mass is 9.80. The first-order valence-electron chi connectivity index (χ1n) is 16.9. The summed E-state index contributed by atoms with van der Waals surface area (Å²) < 4.78 is 5.12. The maximum Gasteiger partial charge on any atom is 0.410 e. The van der Waals surface area contributed by atoms with E-state index in [1.807, 2.05) is 0 Å². The van der Waals surface area contributed by atoms with Gasteiger partial charge in [0.25, 0.3) is 17.7 Å². The number of benzene rings is 1. The summed E-state index contributed by atoms with van der Waals surface area (Å²) in [6, 6.07) is 2.07. The molecule has 20 heteroatoms. The molecule has 2 heterocycles. The van der Waals surface area contributed by atoms with Gasteiger partial charge in [-0.15, -0.1) is 0 Å². The van der Waals surface area contributed by atoms with E-state index in [4.69, 9.17) is 10.6 Å². The van der Waals surface area contributed by atoms with Crippen molar-refractivity contribution in [3.8, 4) is 0 Å². The van der Waals surface area contributed by atoms with Crippen LogP contribution in [0.5, 0.6) is 0 Å². The van der Waals surface area contributed by atoms with Crippen molar-refractivity contribution in [2.75, 3.05) is 24.6 Å². The minimum absolute atomic E-state index is 0.0834. The number of hydrogen-bond acceptors (Lipinski definition) is 12. The Morgan fingerprint density at radius 2 is 1.41 bits per heavy atom. The first-order valence-corrected chi connectivity index (χ1v) is 16.9. The van der Waals surface area contributed by atoms with Crippen LogP contribution in [0.2, 0.25) is 0 Å². The third-order valence-corrected chi connectivity index (χ3v) is 8.63. The molecule has 7 amide bonds. The standard InChI is InChI=1S/C34H43N7O13/c1-19(42)15-24(30(48)41(35)23-10-8-22(9-11-23)16-54-33(53)39-17-34(18-39,31(49)50)32(51)52)38-29(47)21(3)37-28(46)20(2)36-25(43)7-5-4-6-14-40-26(44)12-13-27(40)45/h8-13,20-21,24H,4-7,14-18,35H2,1-3H3,(H,36,43)(H,37,46)(H,38,47)(H,49,50)(H,51,52). The number of ether oxygens (including phenoxy) is 1. The van der Waals surface area contributed by atoms with E-state index < -0.39 is 90.5 Å². The number of anilines is 1. The molecule has 0 aliphatic carbocycles. The molecule has 3 unspecified atom stereocenters. The molecule has 0 bridgehead atoms. The Labute approximate surface area is 309 Å². The number of ketones is 1. The normalized spacial score (nSPS) is 16.0. The molecule has 2 aliphatic heterocycles. The Morgan fingerprint density at radius 3 is 1.96 bits per heavy atom. The Morgan fingerprint density at radius 1 is 0.852 bits per heavy atom. The molecule has 0 radical (unpaired) electrons. The molecule has 0 aromatic heterocycles. The van der Waals surface area contributed by atoms with Crippen LogP contribution in [-0.2, 0) is 54.5 Å². The van der Waals surface area contributed by atoms with E-state index in [1.165, 1.54) is 57.2 Å². The maximum atomic E-state index is 13.3. The van der Waals surface area contributed by atoms with Gasteiger partial charge in [0.05, 0.1) is 18.8 Å². The number of imide groups is 1. The predicted octanol–water partition coefficient (Wildman–Crippen LogP) is -1.04. The van der Waals surface area contributed by atoms with Crippen LogP contribution in [-0.4, -0.2) is 117 Å². The second-order valence-electron chi connectivity index (χ2n) is 12.9. The van der Waals surface area contributed by atoms with Gasteiger partial charge in [0.1, 0.15) is 30.5 Å². The monoisotopic (exact) mass is 757 g/mol. The Balaban J connectivity index is 1.45. The van der Waals surface area contributed by atoms with Crippen molar-refractivity contribution in [3.05, 3.63) is 42.0 Å². The molecule has 54 heavy (non-hydrogen) atoms. The smallest absolute Gasteiger partial charge is 0.410 e.